The lowest BCUT2D eigenvalue weighted by molar-refractivity contribution is 0.356. The third-order valence-corrected chi connectivity index (χ3v) is 4.67. The molecule has 2 aromatic heterocycles. The van der Waals surface area contributed by atoms with Crippen molar-refractivity contribution in [2.24, 2.45) is 0 Å². The maximum atomic E-state index is 6.12. The van der Waals surface area contributed by atoms with Crippen molar-refractivity contribution in [1.29, 1.82) is 0 Å². The monoisotopic (exact) mass is 303 g/mol. The number of thiophene rings is 1. The normalized spacial score (nSPS) is 11.0. The van der Waals surface area contributed by atoms with E-state index in [-0.39, 0.29) is 0 Å². The average Bonchev–Trinajstić information content (AvgIpc) is 2.97. The van der Waals surface area contributed by atoms with Crippen molar-refractivity contribution < 1.29 is 9.47 Å². The van der Waals surface area contributed by atoms with E-state index in [9.17, 15) is 0 Å². The lowest BCUT2D eigenvalue weighted by atomic mass is 10.1. The summed E-state index contributed by atoms with van der Waals surface area (Å²) < 4.78 is 10.6. The van der Waals surface area contributed by atoms with Gasteiger partial charge in [0.15, 0.2) is 11.5 Å². The van der Waals surface area contributed by atoms with Crippen LogP contribution < -0.4 is 15.2 Å². The summed E-state index contributed by atoms with van der Waals surface area (Å²) in [6, 6.07) is 3.74. The van der Waals surface area contributed by atoms with Crippen LogP contribution in [-0.4, -0.2) is 24.2 Å². The van der Waals surface area contributed by atoms with E-state index in [0.29, 0.717) is 11.5 Å². The van der Waals surface area contributed by atoms with Crippen LogP contribution in [0.15, 0.2) is 12.1 Å². The van der Waals surface area contributed by atoms with Crippen LogP contribution in [0.25, 0.3) is 22.4 Å². The van der Waals surface area contributed by atoms with Gasteiger partial charge in [0, 0.05) is 17.0 Å². The van der Waals surface area contributed by atoms with E-state index in [1.54, 1.807) is 25.6 Å². The first kappa shape index (κ1) is 13.8. The molecule has 0 aliphatic heterocycles. The number of rotatable bonds is 3. The molecule has 0 bridgehead atoms. The molecule has 2 heterocycles. The number of aromatic amines is 1. The number of methoxy groups -OCH3 is 2. The highest BCUT2D eigenvalue weighted by molar-refractivity contribution is 7.16. The molecular formula is C15H17N3O2S. The molecule has 6 heteroatoms. The Balaban J connectivity index is 2.21. The van der Waals surface area contributed by atoms with Gasteiger partial charge in [-0.1, -0.05) is 0 Å². The Bertz CT molecular complexity index is 779. The topological polar surface area (TPSA) is 73.2 Å². The van der Waals surface area contributed by atoms with Crippen LogP contribution in [0.3, 0.4) is 0 Å². The summed E-state index contributed by atoms with van der Waals surface area (Å²) in [5.41, 5.74) is 9.98. The van der Waals surface area contributed by atoms with Gasteiger partial charge >= 0.3 is 0 Å². The molecule has 21 heavy (non-hydrogen) atoms. The number of nitrogen functional groups attached to an aromatic ring is 1. The number of hydrogen-bond donors (Lipinski definition) is 2. The number of fused-ring (bicyclic) bond motifs is 1. The Morgan fingerprint density at radius 1 is 1.14 bits per heavy atom. The number of nitrogens with zero attached hydrogens (tertiary/aromatic N) is 1. The molecule has 0 fully saturated rings. The second-order valence-corrected chi connectivity index (χ2v) is 6.09. The van der Waals surface area contributed by atoms with Gasteiger partial charge in [0.05, 0.1) is 35.8 Å². The molecule has 3 aromatic rings. The first-order valence-corrected chi connectivity index (χ1v) is 7.34. The number of aromatic nitrogens is 2. The smallest absolute Gasteiger partial charge is 0.163 e. The van der Waals surface area contributed by atoms with E-state index < -0.39 is 0 Å². The summed E-state index contributed by atoms with van der Waals surface area (Å²) in [6.45, 7) is 4.13. The highest BCUT2D eigenvalue weighted by atomic mass is 32.1. The molecular weight excluding hydrogens is 286 g/mol. The van der Waals surface area contributed by atoms with E-state index in [4.69, 9.17) is 15.2 Å². The van der Waals surface area contributed by atoms with Gasteiger partial charge in [-0.05, 0) is 19.4 Å². The molecule has 0 saturated carbocycles. The number of ether oxygens (including phenoxy) is 2. The highest BCUT2D eigenvalue weighted by Crippen LogP contribution is 2.38. The zero-order valence-corrected chi connectivity index (χ0v) is 13.2. The number of nitrogens with one attached hydrogen (secondary N) is 1. The molecule has 0 aliphatic rings. The fourth-order valence-corrected chi connectivity index (χ4v) is 3.34. The van der Waals surface area contributed by atoms with E-state index in [1.165, 1.54) is 4.88 Å². The van der Waals surface area contributed by atoms with Gasteiger partial charge < -0.3 is 20.2 Å². The molecule has 1 aromatic carbocycles. The fourth-order valence-electron chi connectivity index (χ4n) is 2.40. The second kappa shape index (κ2) is 4.96. The van der Waals surface area contributed by atoms with Gasteiger partial charge in [0.1, 0.15) is 5.82 Å². The largest absolute Gasteiger partial charge is 0.493 e. The molecule has 110 valence electrons. The third kappa shape index (κ3) is 2.12. The van der Waals surface area contributed by atoms with Crippen LogP contribution in [0.5, 0.6) is 11.5 Å². The zero-order valence-electron chi connectivity index (χ0n) is 12.4. The minimum Gasteiger partial charge on any atom is -0.493 e. The van der Waals surface area contributed by atoms with Gasteiger partial charge in [-0.25, -0.2) is 4.98 Å². The summed E-state index contributed by atoms with van der Waals surface area (Å²) in [5, 5.41) is 0.781. The van der Waals surface area contributed by atoms with E-state index in [1.807, 2.05) is 12.1 Å². The van der Waals surface area contributed by atoms with Gasteiger partial charge in [-0.15, -0.1) is 11.3 Å². The van der Waals surface area contributed by atoms with Gasteiger partial charge in [-0.3, -0.25) is 0 Å². The second-order valence-electron chi connectivity index (χ2n) is 4.83. The van der Waals surface area contributed by atoms with Gasteiger partial charge in [-0.2, -0.15) is 0 Å². The number of imidazole rings is 1. The Morgan fingerprint density at radius 3 is 2.38 bits per heavy atom. The molecule has 0 spiro atoms. The zero-order chi connectivity index (χ0) is 15.1. The van der Waals surface area contributed by atoms with Crippen LogP contribution in [0.4, 0.5) is 5.00 Å². The first-order valence-electron chi connectivity index (χ1n) is 6.52. The highest BCUT2D eigenvalue weighted by Gasteiger charge is 2.17. The standard InChI is InChI=1S/C15H17N3O2S/c1-7-8(2)21-14(16)13(7)15-17-9-5-11(19-3)12(20-4)6-10(9)18-15/h5-6H,16H2,1-4H3,(H,17,18). The van der Waals surface area contributed by atoms with E-state index in [0.717, 1.165) is 33.0 Å². The number of nitrogens with two attached hydrogens (primary N) is 1. The first-order chi connectivity index (χ1) is 10.0. The number of H-pyrrole nitrogens is 1. The fraction of sp³-hybridized carbons (Fsp3) is 0.267. The number of benzene rings is 1. The predicted octanol–water partition coefficient (Wildman–Crippen LogP) is 3.51. The summed E-state index contributed by atoms with van der Waals surface area (Å²) in [6.07, 6.45) is 0. The molecule has 0 amide bonds. The maximum Gasteiger partial charge on any atom is 0.163 e. The summed E-state index contributed by atoms with van der Waals surface area (Å²) in [5.74, 6) is 2.11. The van der Waals surface area contributed by atoms with Crippen molar-refractivity contribution in [2.75, 3.05) is 20.0 Å². The third-order valence-electron chi connectivity index (χ3n) is 3.64. The Hall–Kier alpha value is -2.21. The van der Waals surface area contributed by atoms with Crippen molar-refractivity contribution in [3.8, 4) is 22.9 Å². The minimum absolute atomic E-state index is 0.661. The quantitative estimate of drug-likeness (QED) is 0.776. The number of anilines is 1. The SMILES string of the molecule is COc1cc2nc(-c3c(N)sc(C)c3C)[nH]c2cc1OC. The van der Waals surface area contributed by atoms with Crippen LogP contribution in [-0.2, 0) is 0 Å². The van der Waals surface area contributed by atoms with Crippen molar-refractivity contribution in [3.63, 3.8) is 0 Å². The van der Waals surface area contributed by atoms with Crippen molar-refractivity contribution in [2.45, 2.75) is 13.8 Å². The molecule has 5 nitrogen and oxygen atoms in total. The minimum atomic E-state index is 0.661. The van der Waals surface area contributed by atoms with Gasteiger partial charge in [0.2, 0.25) is 0 Å². The Labute approximate surface area is 126 Å². The van der Waals surface area contributed by atoms with Crippen molar-refractivity contribution >= 4 is 27.4 Å². The Kier molecular flexibility index (Phi) is 3.25. The number of aryl methyl sites for hydroxylation is 1. The maximum absolute atomic E-state index is 6.12. The molecule has 0 unspecified atom stereocenters. The van der Waals surface area contributed by atoms with Crippen molar-refractivity contribution in [3.05, 3.63) is 22.6 Å². The summed E-state index contributed by atoms with van der Waals surface area (Å²) in [4.78, 5) is 9.16. The van der Waals surface area contributed by atoms with E-state index in [2.05, 4.69) is 23.8 Å². The molecule has 0 radical (unpaired) electrons. The predicted molar refractivity (Wildman–Crippen MR) is 86.4 cm³/mol. The molecule has 0 saturated heterocycles. The van der Waals surface area contributed by atoms with Crippen LogP contribution in [0.1, 0.15) is 10.4 Å². The summed E-state index contributed by atoms with van der Waals surface area (Å²) >= 11 is 1.58. The van der Waals surface area contributed by atoms with Crippen molar-refractivity contribution in [1.82, 2.24) is 9.97 Å². The van der Waals surface area contributed by atoms with E-state index >= 15 is 0 Å². The van der Waals surface area contributed by atoms with Crippen LogP contribution in [0.2, 0.25) is 0 Å². The number of hydrogen-bond acceptors (Lipinski definition) is 5. The van der Waals surface area contributed by atoms with Crippen LogP contribution in [0, 0.1) is 13.8 Å². The molecule has 3 N–H and O–H groups in total. The van der Waals surface area contributed by atoms with Gasteiger partial charge in [0.25, 0.3) is 0 Å². The molecule has 0 aliphatic carbocycles. The van der Waals surface area contributed by atoms with Crippen LogP contribution >= 0.6 is 11.3 Å². The Morgan fingerprint density at radius 2 is 1.81 bits per heavy atom. The lowest BCUT2D eigenvalue weighted by Crippen LogP contribution is -1.89. The lowest BCUT2D eigenvalue weighted by Gasteiger charge is -2.06. The molecule has 3 rings (SSSR count). The average molecular weight is 303 g/mol. The summed E-state index contributed by atoms with van der Waals surface area (Å²) in [7, 11) is 3.23. The molecule has 0 atom stereocenters.